The molecule has 3 nitrogen and oxygen atoms in total. The van der Waals surface area contributed by atoms with Crippen molar-refractivity contribution in [2.75, 3.05) is 13.2 Å². The Hall–Kier alpha value is -0.120. The van der Waals surface area contributed by atoms with E-state index in [2.05, 4.69) is 5.32 Å². The molecule has 0 bridgehead atoms. The lowest BCUT2D eigenvalue weighted by Crippen LogP contribution is -2.30. The summed E-state index contributed by atoms with van der Waals surface area (Å²) in [5.74, 6) is 0. The van der Waals surface area contributed by atoms with E-state index in [9.17, 15) is 0 Å². The highest BCUT2D eigenvalue weighted by atomic mass is 16.3. The molecule has 0 aromatic carbocycles. The molecule has 1 saturated carbocycles. The third kappa shape index (κ3) is 0.779. The van der Waals surface area contributed by atoms with Crippen LogP contribution in [0.1, 0.15) is 12.8 Å². The van der Waals surface area contributed by atoms with E-state index in [0.717, 1.165) is 12.8 Å². The molecule has 0 radical (unpaired) electrons. The van der Waals surface area contributed by atoms with Crippen molar-refractivity contribution in [3.63, 3.8) is 0 Å². The first-order chi connectivity index (χ1) is 4.79. The van der Waals surface area contributed by atoms with Gasteiger partial charge in [-0.2, -0.15) is 0 Å². The van der Waals surface area contributed by atoms with Crippen molar-refractivity contribution >= 4 is 0 Å². The maximum atomic E-state index is 8.97. The predicted molar refractivity (Wildman–Crippen MR) is 36.6 cm³/mol. The SMILES string of the molecule is OCC1(CO)CC2NC2C1. The average Bonchev–Trinajstić information content (AvgIpc) is 2.60. The molecule has 2 aliphatic rings. The number of hydrogen-bond donors (Lipinski definition) is 3. The van der Waals surface area contributed by atoms with Gasteiger partial charge in [-0.05, 0) is 12.8 Å². The van der Waals surface area contributed by atoms with E-state index in [1.807, 2.05) is 0 Å². The standard InChI is InChI=1S/C7H13NO2/c9-3-7(4-10)1-5-6(2-7)8-5/h5-6,8-10H,1-4H2. The van der Waals surface area contributed by atoms with Crippen molar-refractivity contribution in [2.24, 2.45) is 5.41 Å². The van der Waals surface area contributed by atoms with Crippen LogP contribution in [0.4, 0.5) is 0 Å². The van der Waals surface area contributed by atoms with Gasteiger partial charge < -0.3 is 15.5 Å². The zero-order valence-electron chi connectivity index (χ0n) is 5.88. The maximum absolute atomic E-state index is 8.97. The molecular formula is C7H13NO2. The monoisotopic (exact) mass is 143 g/mol. The second-order valence-corrected chi connectivity index (χ2v) is 3.60. The first kappa shape index (κ1) is 6.58. The fourth-order valence-corrected chi connectivity index (χ4v) is 1.95. The van der Waals surface area contributed by atoms with Gasteiger partial charge in [0.25, 0.3) is 0 Å². The van der Waals surface area contributed by atoms with E-state index in [1.54, 1.807) is 0 Å². The number of fused-ring (bicyclic) bond motifs is 1. The molecule has 58 valence electrons. The first-order valence-electron chi connectivity index (χ1n) is 3.77. The number of nitrogens with one attached hydrogen (secondary N) is 1. The Kier molecular flexibility index (Phi) is 1.27. The van der Waals surface area contributed by atoms with Crippen molar-refractivity contribution < 1.29 is 10.2 Å². The van der Waals surface area contributed by atoms with Crippen LogP contribution in [-0.2, 0) is 0 Å². The smallest absolute Gasteiger partial charge is 0.0510 e. The Bertz CT molecular complexity index is 133. The van der Waals surface area contributed by atoms with E-state index in [4.69, 9.17) is 10.2 Å². The number of aliphatic hydroxyl groups excluding tert-OH is 2. The highest BCUT2D eigenvalue weighted by Gasteiger charge is 2.53. The second-order valence-electron chi connectivity index (χ2n) is 3.60. The largest absolute Gasteiger partial charge is 0.396 e. The van der Waals surface area contributed by atoms with Crippen molar-refractivity contribution in [3.8, 4) is 0 Å². The minimum atomic E-state index is -0.152. The topological polar surface area (TPSA) is 62.4 Å². The van der Waals surface area contributed by atoms with E-state index < -0.39 is 0 Å². The summed E-state index contributed by atoms with van der Waals surface area (Å²) in [4.78, 5) is 0. The molecule has 0 amide bonds. The van der Waals surface area contributed by atoms with E-state index in [0.29, 0.717) is 12.1 Å². The van der Waals surface area contributed by atoms with Crippen molar-refractivity contribution in [2.45, 2.75) is 24.9 Å². The van der Waals surface area contributed by atoms with E-state index in [-0.39, 0.29) is 18.6 Å². The second kappa shape index (κ2) is 1.94. The summed E-state index contributed by atoms with van der Waals surface area (Å²) < 4.78 is 0. The molecule has 2 fully saturated rings. The van der Waals surface area contributed by atoms with Crippen LogP contribution in [0.15, 0.2) is 0 Å². The summed E-state index contributed by atoms with van der Waals surface area (Å²) >= 11 is 0. The third-order valence-corrected chi connectivity index (χ3v) is 2.78. The van der Waals surface area contributed by atoms with Gasteiger partial charge >= 0.3 is 0 Å². The van der Waals surface area contributed by atoms with Crippen LogP contribution in [0.5, 0.6) is 0 Å². The fraction of sp³-hybridized carbons (Fsp3) is 1.00. The van der Waals surface area contributed by atoms with Crippen molar-refractivity contribution in [3.05, 3.63) is 0 Å². The average molecular weight is 143 g/mol. The Labute approximate surface area is 60.1 Å². The van der Waals surface area contributed by atoms with Gasteiger partial charge in [0.2, 0.25) is 0 Å². The maximum Gasteiger partial charge on any atom is 0.0510 e. The Morgan fingerprint density at radius 3 is 2.00 bits per heavy atom. The molecule has 1 aliphatic heterocycles. The quantitative estimate of drug-likeness (QED) is 0.439. The molecule has 1 heterocycles. The van der Waals surface area contributed by atoms with Gasteiger partial charge in [0.15, 0.2) is 0 Å². The summed E-state index contributed by atoms with van der Waals surface area (Å²) in [6.07, 6.45) is 1.90. The van der Waals surface area contributed by atoms with Crippen LogP contribution in [0.3, 0.4) is 0 Å². The molecule has 10 heavy (non-hydrogen) atoms. The van der Waals surface area contributed by atoms with Gasteiger partial charge in [-0.15, -0.1) is 0 Å². The van der Waals surface area contributed by atoms with Gasteiger partial charge in [0, 0.05) is 17.5 Å². The van der Waals surface area contributed by atoms with Gasteiger partial charge in [-0.1, -0.05) is 0 Å². The highest BCUT2D eigenvalue weighted by molar-refractivity contribution is 5.11. The van der Waals surface area contributed by atoms with Crippen LogP contribution in [0.25, 0.3) is 0 Å². The first-order valence-corrected chi connectivity index (χ1v) is 3.77. The Morgan fingerprint density at radius 2 is 1.70 bits per heavy atom. The Balaban J connectivity index is 2.02. The van der Waals surface area contributed by atoms with Crippen LogP contribution >= 0.6 is 0 Å². The summed E-state index contributed by atoms with van der Waals surface area (Å²) in [7, 11) is 0. The van der Waals surface area contributed by atoms with Crippen LogP contribution in [-0.4, -0.2) is 35.5 Å². The molecule has 3 heteroatoms. The van der Waals surface area contributed by atoms with Gasteiger partial charge in [0.1, 0.15) is 0 Å². The van der Waals surface area contributed by atoms with Gasteiger partial charge in [-0.3, -0.25) is 0 Å². The molecule has 0 aromatic rings. The molecule has 3 N–H and O–H groups in total. The highest BCUT2D eigenvalue weighted by Crippen LogP contribution is 2.44. The van der Waals surface area contributed by atoms with Gasteiger partial charge in [0.05, 0.1) is 13.2 Å². The molecular weight excluding hydrogens is 130 g/mol. The lowest BCUT2D eigenvalue weighted by Gasteiger charge is -2.25. The number of hydrogen-bond acceptors (Lipinski definition) is 3. The fourth-order valence-electron chi connectivity index (χ4n) is 1.95. The molecule has 2 atom stereocenters. The third-order valence-electron chi connectivity index (χ3n) is 2.78. The molecule has 0 aromatic heterocycles. The number of aliphatic hydroxyl groups is 2. The van der Waals surface area contributed by atoms with Crippen LogP contribution < -0.4 is 5.32 Å². The normalized spacial score (nSPS) is 41.4. The summed E-state index contributed by atoms with van der Waals surface area (Å²) in [5, 5.41) is 21.2. The number of piperidine rings is 1. The molecule has 1 saturated heterocycles. The number of rotatable bonds is 2. The minimum absolute atomic E-state index is 0.137. The lowest BCUT2D eigenvalue weighted by molar-refractivity contribution is 0.0527. The molecule has 1 aliphatic carbocycles. The zero-order chi connectivity index (χ0) is 7.19. The molecule has 2 unspecified atom stereocenters. The minimum Gasteiger partial charge on any atom is -0.396 e. The molecule has 0 spiro atoms. The Morgan fingerprint density at radius 1 is 1.20 bits per heavy atom. The van der Waals surface area contributed by atoms with Crippen LogP contribution in [0.2, 0.25) is 0 Å². The van der Waals surface area contributed by atoms with E-state index >= 15 is 0 Å². The van der Waals surface area contributed by atoms with Crippen LogP contribution in [0, 0.1) is 5.41 Å². The van der Waals surface area contributed by atoms with Crippen molar-refractivity contribution in [1.82, 2.24) is 5.32 Å². The lowest BCUT2D eigenvalue weighted by atomic mass is 9.87. The summed E-state index contributed by atoms with van der Waals surface area (Å²) in [6, 6.07) is 1.19. The predicted octanol–water partition coefficient (Wildman–Crippen LogP) is -0.908. The zero-order valence-corrected chi connectivity index (χ0v) is 5.88. The molecule has 2 rings (SSSR count). The van der Waals surface area contributed by atoms with Gasteiger partial charge in [-0.25, -0.2) is 0 Å². The van der Waals surface area contributed by atoms with Crippen molar-refractivity contribution in [1.29, 1.82) is 0 Å². The summed E-state index contributed by atoms with van der Waals surface area (Å²) in [6.45, 7) is 0.274. The van der Waals surface area contributed by atoms with E-state index in [1.165, 1.54) is 0 Å². The summed E-state index contributed by atoms with van der Waals surface area (Å²) in [5.41, 5.74) is -0.152.